The average molecular weight is 200 g/mol. The molecule has 0 bridgehead atoms. The average Bonchev–Trinajstić information content (AvgIpc) is 2.60. The SMILES string of the molecule is CC1(C(=O)O)OCC2(CCCC2)CO1. The van der Waals surface area contributed by atoms with Crippen molar-refractivity contribution in [1.29, 1.82) is 0 Å². The second-order valence-corrected chi connectivity index (χ2v) is 4.54. The normalized spacial score (nSPS) is 29.2. The van der Waals surface area contributed by atoms with Crippen LogP contribution in [0.1, 0.15) is 32.6 Å². The molecule has 2 fully saturated rings. The lowest BCUT2D eigenvalue weighted by atomic mass is 9.87. The standard InChI is InChI=1S/C10H16O4/c1-9(8(11)12)13-6-10(7-14-9)4-2-3-5-10/h2-7H2,1H3,(H,11,12). The molecule has 4 heteroatoms. The number of carbonyl (C=O) groups is 1. The van der Waals surface area contributed by atoms with Crippen LogP contribution in [0.25, 0.3) is 0 Å². The predicted molar refractivity (Wildman–Crippen MR) is 48.8 cm³/mol. The Morgan fingerprint density at radius 3 is 2.14 bits per heavy atom. The molecule has 4 nitrogen and oxygen atoms in total. The predicted octanol–water partition coefficient (Wildman–Crippen LogP) is 1.39. The fourth-order valence-corrected chi connectivity index (χ4v) is 2.20. The first-order chi connectivity index (χ1) is 6.56. The molecule has 80 valence electrons. The van der Waals surface area contributed by atoms with Gasteiger partial charge in [-0.1, -0.05) is 12.8 Å². The zero-order chi connectivity index (χ0) is 10.2. The lowest BCUT2D eigenvalue weighted by Gasteiger charge is -2.40. The van der Waals surface area contributed by atoms with E-state index in [0.717, 1.165) is 12.8 Å². The summed E-state index contributed by atoms with van der Waals surface area (Å²) in [5, 5.41) is 8.88. The zero-order valence-corrected chi connectivity index (χ0v) is 8.41. The quantitative estimate of drug-likeness (QED) is 0.695. The van der Waals surface area contributed by atoms with Gasteiger partial charge in [-0.2, -0.15) is 0 Å². The van der Waals surface area contributed by atoms with Gasteiger partial charge in [0.2, 0.25) is 0 Å². The van der Waals surface area contributed by atoms with Gasteiger partial charge in [-0.25, -0.2) is 4.79 Å². The van der Waals surface area contributed by atoms with E-state index in [-0.39, 0.29) is 5.41 Å². The summed E-state index contributed by atoms with van der Waals surface area (Å²) in [6, 6.07) is 0. The first-order valence-corrected chi connectivity index (χ1v) is 5.08. The van der Waals surface area contributed by atoms with E-state index in [1.54, 1.807) is 0 Å². The van der Waals surface area contributed by atoms with E-state index in [1.165, 1.54) is 19.8 Å². The fraction of sp³-hybridized carbons (Fsp3) is 0.900. The second-order valence-electron chi connectivity index (χ2n) is 4.54. The minimum absolute atomic E-state index is 0.106. The van der Waals surface area contributed by atoms with Crippen LogP contribution in [0.2, 0.25) is 0 Å². The first kappa shape index (κ1) is 9.93. The van der Waals surface area contributed by atoms with Crippen molar-refractivity contribution in [3.63, 3.8) is 0 Å². The molecule has 0 aromatic heterocycles. The molecule has 1 saturated carbocycles. The number of hydrogen-bond donors (Lipinski definition) is 1. The Bertz CT molecular complexity index is 233. The van der Waals surface area contributed by atoms with Crippen molar-refractivity contribution in [1.82, 2.24) is 0 Å². The highest BCUT2D eigenvalue weighted by Gasteiger charge is 2.47. The van der Waals surface area contributed by atoms with Gasteiger partial charge >= 0.3 is 5.97 Å². The van der Waals surface area contributed by atoms with Crippen LogP contribution in [-0.2, 0) is 14.3 Å². The molecule has 0 aromatic rings. The van der Waals surface area contributed by atoms with Crippen LogP contribution in [0.5, 0.6) is 0 Å². The molecule has 2 rings (SSSR count). The number of carboxylic acid groups (broad SMARTS) is 1. The van der Waals surface area contributed by atoms with Gasteiger partial charge in [-0.3, -0.25) is 0 Å². The van der Waals surface area contributed by atoms with Crippen molar-refractivity contribution in [2.75, 3.05) is 13.2 Å². The summed E-state index contributed by atoms with van der Waals surface area (Å²) in [6.07, 6.45) is 4.61. The maximum Gasteiger partial charge on any atom is 0.364 e. The third-order valence-electron chi connectivity index (χ3n) is 3.36. The molecule has 14 heavy (non-hydrogen) atoms. The topological polar surface area (TPSA) is 55.8 Å². The Kier molecular flexibility index (Phi) is 2.27. The van der Waals surface area contributed by atoms with Crippen LogP contribution in [0.3, 0.4) is 0 Å². The minimum atomic E-state index is -1.42. The molecule has 1 N–H and O–H groups in total. The van der Waals surface area contributed by atoms with Crippen molar-refractivity contribution >= 4 is 5.97 Å². The van der Waals surface area contributed by atoms with Crippen molar-refractivity contribution in [2.24, 2.45) is 5.41 Å². The molecule has 0 radical (unpaired) electrons. The van der Waals surface area contributed by atoms with E-state index >= 15 is 0 Å². The van der Waals surface area contributed by atoms with Crippen LogP contribution < -0.4 is 0 Å². The Labute approximate surface area is 83.2 Å². The van der Waals surface area contributed by atoms with Crippen LogP contribution in [0, 0.1) is 5.41 Å². The molecule has 1 heterocycles. The molecular formula is C10H16O4. The fourth-order valence-electron chi connectivity index (χ4n) is 2.20. The summed E-state index contributed by atoms with van der Waals surface area (Å²) in [5.74, 6) is -2.46. The molecule has 0 amide bonds. The summed E-state index contributed by atoms with van der Waals surface area (Å²) in [7, 11) is 0. The Morgan fingerprint density at radius 1 is 1.21 bits per heavy atom. The molecule has 0 aromatic carbocycles. The lowest BCUT2D eigenvalue weighted by Crippen LogP contribution is -2.51. The molecule has 2 aliphatic rings. The van der Waals surface area contributed by atoms with Gasteiger partial charge in [0.25, 0.3) is 5.79 Å². The van der Waals surface area contributed by atoms with Crippen molar-refractivity contribution in [2.45, 2.75) is 38.4 Å². The summed E-state index contributed by atoms with van der Waals surface area (Å²) in [6.45, 7) is 2.52. The molecular weight excluding hydrogens is 184 g/mol. The van der Waals surface area contributed by atoms with Crippen molar-refractivity contribution < 1.29 is 19.4 Å². The number of ether oxygens (including phenoxy) is 2. The molecule has 1 saturated heterocycles. The smallest absolute Gasteiger partial charge is 0.364 e. The molecule has 0 atom stereocenters. The van der Waals surface area contributed by atoms with Gasteiger partial charge in [0.1, 0.15) is 0 Å². The van der Waals surface area contributed by atoms with E-state index < -0.39 is 11.8 Å². The third kappa shape index (κ3) is 1.53. The maximum absolute atomic E-state index is 10.8. The molecule has 1 aliphatic carbocycles. The number of hydrogen-bond acceptors (Lipinski definition) is 3. The highest BCUT2D eigenvalue weighted by atomic mass is 16.7. The van der Waals surface area contributed by atoms with E-state index in [4.69, 9.17) is 14.6 Å². The van der Waals surface area contributed by atoms with Gasteiger partial charge in [0.15, 0.2) is 0 Å². The number of rotatable bonds is 1. The maximum atomic E-state index is 10.8. The monoisotopic (exact) mass is 200 g/mol. The van der Waals surface area contributed by atoms with Gasteiger partial charge in [0, 0.05) is 12.3 Å². The van der Waals surface area contributed by atoms with E-state index in [0.29, 0.717) is 13.2 Å². The second kappa shape index (κ2) is 3.21. The van der Waals surface area contributed by atoms with Crippen molar-refractivity contribution in [3.8, 4) is 0 Å². The largest absolute Gasteiger partial charge is 0.477 e. The zero-order valence-electron chi connectivity index (χ0n) is 8.41. The van der Waals surface area contributed by atoms with Gasteiger partial charge in [-0.05, 0) is 12.8 Å². The Morgan fingerprint density at radius 2 is 1.71 bits per heavy atom. The number of aliphatic carboxylic acids is 1. The van der Waals surface area contributed by atoms with Crippen LogP contribution in [0.15, 0.2) is 0 Å². The summed E-state index contributed by atoms with van der Waals surface area (Å²) in [4.78, 5) is 10.8. The summed E-state index contributed by atoms with van der Waals surface area (Å²) < 4.78 is 10.7. The lowest BCUT2D eigenvalue weighted by molar-refractivity contribution is -0.288. The summed E-state index contributed by atoms with van der Waals surface area (Å²) >= 11 is 0. The van der Waals surface area contributed by atoms with Crippen LogP contribution >= 0.6 is 0 Å². The first-order valence-electron chi connectivity index (χ1n) is 5.08. The van der Waals surface area contributed by atoms with Gasteiger partial charge in [-0.15, -0.1) is 0 Å². The van der Waals surface area contributed by atoms with Crippen LogP contribution in [-0.4, -0.2) is 30.1 Å². The molecule has 1 aliphatic heterocycles. The van der Waals surface area contributed by atoms with E-state index in [2.05, 4.69) is 0 Å². The molecule has 1 spiro atoms. The highest BCUT2D eigenvalue weighted by molar-refractivity contribution is 5.75. The number of carboxylic acids is 1. The van der Waals surface area contributed by atoms with Gasteiger partial charge in [0.05, 0.1) is 13.2 Å². The molecule has 0 unspecified atom stereocenters. The summed E-state index contributed by atoms with van der Waals surface area (Å²) in [5.41, 5.74) is 0.106. The van der Waals surface area contributed by atoms with Crippen LogP contribution in [0.4, 0.5) is 0 Å². The Balaban J connectivity index is 2.01. The van der Waals surface area contributed by atoms with E-state index in [9.17, 15) is 4.79 Å². The van der Waals surface area contributed by atoms with Gasteiger partial charge < -0.3 is 14.6 Å². The van der Waals surface area contributed by atoms with Crippen molar-refractivity contribution in [3.05, 3.63) is 0 Å². The third-order valence-corrected chi connectivity index (χ3v) is 3.36. The van der Waals surface area contributed by atoms with E-state index in [1.807, 2.05) is 0 Å². The highest BCUT2D eigenvalue weighted by Crippen LogP contribution is 2.43. The Hall–Kier alpha value is -0.610. The minimum Gasteiger partial charge on any atom is -0.477 e.